The summed E-state index contributed by atoms with van der Waals surface area (Å²) in [6.07, 6.45) is 4.18. The first kappa shape index (κ1) is 18.7. The fourth-order valence-electron chi connectivity index (χ4n) is 4.28. The molecule has 24 heavy (non-hydrogen) atoms. The van der Waals surface area contributed by atoms with Crippen LogP contribution in [0.5, 0.6) is 0 Å². The molecule has 0 aliphatic rings. The Morgan fingerprint density at radius 2 is 1.08 bits per heavy atom. The van der Waals surface area contributed by atoms with Gasteiger partial charge in [-0.3, -0.25) is 0 Å². The lowest BCUT2D eigenvalue weighted by Gasteiger charge is -2.32. The van der Waals surface area contributed by atoms with E-state index in [0.29, 0.717) is 0 Å². The lowest BCUT2D eigenvalue weighted by atomic mass is 10.1. The predicted molar refractivity (Wildman–Crippen MR) is 108 cm³/mol. The largest absolute Gasteiger partial charge is 0.424 e. The Morgan fingerprint density at radius 3 is 1.38 bits per heavy atom. The van der Waals surface area contributed by atoms with E-state index in [0.717, 1.165) is 6.04 Å². The Kier molecular flexibility index (Phi) is 5.51. The topological polar surface area (TPSA) is 20.2 Å². The molecule has 0 unspecified atom stereocenters. The van der Waals surface area contributed by atoms with E-state index in [2.05, 4.69) is 78.0 Å². The van der Waals surface area contributed by atoms with E-state index in [1.165, 1.54) is 43.8 Å². The van der Waals surface area contributed by atoms with Crippen molar-refractivity contribution in [1.82, 2.24) is 0 Å². The summed E-state index contributed by atoms with van der Waals surface area (Å²) in [7, 11) is -2.83. The molecule has 1 N–H and O–H groups in total. The number of hydrogen-bond acceptors (Lipinski definition) is 1. The van der Waals surface area contributed by atoms with Crippen LogP contribution in [0.2, 0.25) is 6.04 Å². The summed E-state index contributed by atoms with van der Waals surface area (Å²) < 4.78 is 0. The van der Waals surface area contributed by atoms with Crippen molar-refractivity contribution in [3.8, 4) is 0 Å². The minimum absolute atomic E-state index is 0.721. The van der Waals surface area contributed by atoms with Crippen molar-refractivity contribution in [2.24, 2.45) is 0 Å². The van der Waals surface area contributed by atoms with Crippen molar-refractivity contribution >= 4 is 18.7 Å². The van der Waals surface area contributed by atoms with Gasteiger partial charge in [-0.05, 0) is 87.1 Å². The van der Waals surface area contributed by atoms with Gasteiger partial charge in [-0.2, -0.15) is 0 Å². The second kappa shape index (κ2) is 7.08. The van der Waals surface area contributed by atoms with Crippen LogP contribution in [0.4, 0.5) is 0 Å². The number of hydrogen-bond donors (Lipinski definition) is 1. The molecule has 2 aromatic rings. The normalized spacial score (nSPS) is 12.2. The second-order valence-electron chi connectivity index (χ2n) is 7.18. The number of aryl methyl sites for hydroxylation is 6. The Labute approximate surface area is 148 Å². The van der Waals surface area contributed by atoms with Crippen molar-refractivity contribution in [2.45, 2.75) is 54.5 Å². The van der Waals surface area contributed by atoms with Crippen molar-refractivity contribution in [3.05, 3.63) is 69.8 Å². The van der Waals surface area contributed by atoms with Crippen LogP contribution < -0.4 is 10.4 Å². The molecule has 0 aliphatic carbocycles. The SMILES string of the molecule is C/C=C/C[Si](O)(c1c(C)cc(C)cc1C)c1c(C)cc(C)cc1C. The summed E-state index contributed by atoms with van der Waals surface area (Å²) >= 11 is 0. The third-order valence-corrected chi connectivity index (χ3v) is 8.89. The van der Waals surface area contributed by atoms with Crippen LogP contribution in [-0.4, -0.2) is 13.1 Å². The molecule has 0 saturated carbocycles. The molecule has 0 atom stereocenters. The second-order valence-corrected chi connectivity index (χ2v) is 10.3. The average Bonchev–Trinajstić information content (AvgIpc) is 2.42. The Balaban J connectivity index is 2.83. The molecule has 0 aliphatic heterocycles. The zero-order chi connectivity index (χ0) is 18.1. The third kappa shape index (κ3) is 3.40. The number of benzene rings is 2. The van der Waals surface area contributed by atoms with Gasteiger partial charge in [-0.15, -0.1) is 0 Å². The first-order valence-electron chi connectivity index (χ1n) is 8.71. The maximum atomic E-state index is 12.1. The lowest BCUT2D eigenvalue weighted by Crippen LogP contribution is -2.62. The van der Waals surface area contributed by atoms with Gasteiger partial charge >= 0.3 is 0 Å². The van der Waals surface area contributed by atoms with E-state index in [-0.39, 0.29) is 0 Å². The third-order valence-electron chi connectivity index (χ3n) is 4.83. The van der Waals surface area contributed by atoms with Crippen LogP contribution in [0.25, 0.3) is 0 Å². The van der Waals surface area contributed by atoms with Crippen molar-refractivity contribution < 1.29 is 4.80 Å². The van der Waals surface area contributed by atoms with E-state index >= 15 is 0 Å². The smallest absolute Gasteiger partial charge is 0.257 e. The summed E-state index contributed by atoms with van der Waals surface area (Å²) in [6, 6.07) is 9.53. The lowest BCUT2D eigenvalue weighted by molar-refractivity contribution is 0.569. The molecule has 2 rings (SSSR count). The fourth-order valence-corrected chi connectivity index (χ4v) is 8.42. The van der Waals surface area contributed by atoms with Crippen LogP contribution in [0.15, 0.2) is 36.4 Å². The summed E-state index contributed by atoms with van der Waals surface area (Å²) in [5, 5.41) is 2.36. The molecule has 0 bridgehead atoms. The summed E-state index contributed by atoms with van der Waals surface area (Å²) in [5.74, 6) is 0. The molecule has 0 radical (unpaired) electrons. The zero-order valence-electron chi connectivity index (χ0n) is 16.1. The molecular weight excluding hydrogens is 308 g/mol. The molecule has 0 heterocycles. The Morgan fingerprint density at radius 1 is 0.750 bits per heavy atom. The highest BCUT2D eigenvalue weighted by Crippen LogP contribution is 2.20. The maximum Gasteiger partial charge on any atom is 0.257 e. The van der Waals surface area contributed by atoms with Gasteiger partial charge in [-0.1, -0.05) is 47.5 Å². The van der Waals surface area contributed by atoms with Crippen LogP contribution in [0.3, 0.4) is 0 Å². The van der Waals surface area contributed by atoms with E-state index in [9.17, 15) is 4.80 Å². The quantitative estimate of drug-likeness (QED) is 0.655. The van der Waals surface area contributed by atoms with Crippen LogP contribution in [-0.2, 0) is 0 Å². The molecule has 0 aromatic heterocycles. The van der Waals surface area contributed by atoms with Gasteiger partial charge in [0.25, 0.3) is 8.32 Å². The van der Waals surface area contributed by atoms with Crippen molar-refractivity contribution in [3.63, 3.8) is 0 Å². The number of allylic oxidation sites excluding steroid dienone is 2. The Hall–Kier alpha value is -1.64. The highest BCUT2D eigenvalue weighted by atomic mass is 28.4. The van der Waals surface area contributed by atoms with E-state index < -0.39 is 8.32 Å². The molecule has 2 aromatic carbocycles. The molecule has 128 valence electrons. The minimum Gasteiger partial charge on any atom is -0.424 e. The van der Waals surface area contributed by atoms with Gasteiger partial charge in [0.15, 0.2) is 0 Å². The van der Waals surface area contributed by atoms with Gasteiger partial charge in [0.1, 0.15) is 0 Å². The van der Waals surface area contributed by atoms with Crippen molar-refractivity contribution in [1.29, 1.82) is 0 Å². The Bertz CT molecular complexity index is 683. The molecule has 1 nitrogen and oxygen atoms in total. The highest BCUT2D eigenvalue weighted by Gasteiger charge is 2.39. The minimum atomic E-state index is -2.83. The zero-order valence-corrected chi connectivity index (χ0v) is 17.1. The monoisotopic (exact) mass is 338 g/mol. The first-order valence-corrected chi connectivity index (χ1v) is 10.9. The molecule has 0 amide bonds. The van der Waals surface area contributed by atoms with Gasteiger partial charge in [0, 0.05) is 0 Å². The predicted octanol–water partition coefficient (Wildman–Crippen LogP) is 4.17. The fraction of sp³-hybridized carbons (Fsp3) is 0.364. The molecule has 0 saturated heterocycles. The highest BCUT2D eigenvalue weighted by molar-refractivity contribution is 6.97. The van der Waals surface area contributed by atoms with Crippen LogP contribution in [0, 0.1) is 41.5 Å². The van der Waals surface area contributed by atoms with Gasteiger partial charge in [0.2, 0.25) is 0 Å². The first-order chi connectivity index (χ1) is 11.2. The van der Waals surface area contributed by atoms with Crippen LogP contribution >= 0.6 is 0 Å². The number of rotatable bonds is 4. The molecule has 0 spiro atoms. The van der Waals surface area contributed by atoms with Crippen LogP contribution in [0.1, 0.15) is 40.3 Å². The summed E-state index contributed by atoms with van der Waals surface area (Å²) in [5.41, 5.74) is 7.37. The molecule has 2 heteroatoms. The maximum absolute atomic E-state index is 12.1. The van der Waals surface area contributed by atoms with E-state index in [1.807, 2.05) is 6.92 Å². The van der Waals surface area contributed by atoms with E-state index in [1.54, 1.807) is 0 Å². The summed E-state index contributed by atoms with van der Waals surface area (Å²) in [4.78, 5) is 12.1. The molecular formula is C22H30OSi. The molecule has 0 fully saturated rings. The standard InChI is InChI=1S/C22H30OSi/c1-8-9-10-24(23,21-17(4)11-15(2)12-18(21)5)22-19(6)13-16(3)14-20(22)7/h8-9,11-14,23H,10H2,1-7H3/b9-8+. The average molecular weight is 339 g/mol. The summed E-state index contributed by atoms with van der Waals surface area (Å²) in [6.45, 7) is 14.8. The van der Waals surface area contributed by atoms with Gasteiger partial charge in [0.05, 0.1) is 0 Å². The van der Waals surface area contributed by atoms with Gasteiger partial charge < -0.3 is 4.80 Å². The van der Waals surface area contributed by atoms with E-state index in [4.69, 9.17) is 0 Å². The van der Waals surface area contributed by atoms with Gasteiger partial charge in [-0.25, -0.2) is 0 Å². The van der Waals surface area contributed by atoms with Crippen molar-refractivity contribution in [2.75, 3.05) is 0 Å².